The van der Waals surface area contributed by atoms with E-state index in [4.69, 9.17) is 9.73 Å². The minimum Gasteiger partial charge on any atom is -0.385 e. The molecule has 0 saturated heterocycles. The van der Waals surface area contributed by atoms with Gasteiger partial charge in [0.2, 0.25) is 0 Å². The molecule has 0 spiro atoms. The number of guanidine groups is 1. The Balaban J connectivity index is 0.00000450. The standard InChI is InChI=1S/C22H37N3O3S.HI/c1-3-23-21(25-19-22(14-16-28-2)12-7-8-13-22)24-15-9-17-29(26,27)18-20-10-5-4-6-11-20;/h4-6,10-11H,3,7-9,12-19H2,1-2H3,(H2,23,24,25);1H. The Hall–Kier alpha value is -0.870. The molecule has 2 rings (SSSR count). The van der Waals surface area contributed by atoms with Gasteiger partial charge in [-0.1, -0.05) is 43.2 Å². The molecule has 0 atom stereocenters. The fourth-order valence-electron chi connectivity index (χ4n) is 3.92. The van der Waals surface area contributed by atoms with Gasteiger partial charge in [0.05, 0.1) is 11.5 Å². The van der Waals surface area contributed by atoms with Crippen molar-refractivity contribution in [3.05, 3.63) is 35.9 Å². The second kappa shape index (κ2) is 14.2. The minimum atomic E-state index is -3.10. The smallest absolute Gasteiger partial charge is 0.191 e. The van der Waals surface area contributed by atoms with Crippen molar-refractivity contribution in [2.45, 2.75) is 51.2 Å². The third kappa shape index (κ3) is 9.96. The second-order valence-corrected chi connectivity index (χ2v) is 10.2. The Morgan fingerprint density at radius 3 is 2.50 bits per heavy atom. The summed E-state index contributed by atoms with van der Waals surface area (Å²) in [5, 5.41) is 6.57. The highest BCUT2D eigenvalue weighted by atomic mass is 127. The molecule has 0 amide bonds. The summed E-state index contributed by atoms with van der Waals surface area (Å²) in [6.07, 6.45) is 6.55. The highest BCUT2D eigenvalue weighted by Gasteiger charge is 2.33. The third-order valence-corrected chi connectivity index (χ3v) is 7.26. The third-order valence-electron chi connectivity index (χ3n) is 5.57. The number of hydrogen-bond donors (Lipinski definition) is 2. The summed E-state index contributed by atoms with van der Waals surface area (Å²) in [5.74, 6) is 1.05. The van der Waals surface area contributed by atoms with Gasteiger partial charge < -0.3 is 15.4 Å². The quantitative estimate of drug-likeness (QED) is 0.179. The average molecular weight is 552 g/mol. The van der Waals surface area contributed by atoms with Gasteiger partial charge in [-0.25, -0.2) is 8.42 Å². The van der Waals surface area contributed by atoms with E-state index in [0.717, 1.165) is 37.6 Å². The van der Waals surface area contributed by atoms with Crippen LogP contribution in [0.15, 0.2) is 35.3 Å². The van der Waals surface area contributed by atoms with Crippen LogP contribution < -0.4 is 10.6 Å². The summed E-state index contributed by atoms with van der Waals surface area (Å²) in [5.41, 5.74) is 1.09. The minimum absolute atomic E-state index is 0. The van der Waals surface area contributed by atoms with Crippen LogP contribution in [-0.2, 0) is 20.3 Å². The van der Waals surface area contributed by atoms with Crippen molar-refractivity contribution in [1.29, 1.82) is 0 Å². The first-order valence-electron chi connectivity index (χ1n) is 10.7. The molecule has 30 heavy (non-hydrogen) atoms. The molecule has 172 valence electrons. The SMILES string of the molecule is CCNC(=NCC1(CCOC)CCCC1)NCCCS(=O)(=O)Cc1ccccc1.I. The van der Waals surface area contributed by atoms with Crippen molar-refractivity contribution in [3.8, 4) is 0 Å². The molecule has 1 saturated carbocycles. The average Bonchev–Trinajstić information content (AvgIpc) is 3.17. The summed E-state index contributed by atoms with van der Waals surface area (Å²) in [4.78, 5) is 4.81. The maximum absolute atomic E-state index is 12.3. The lowest BCUT2D eigenvalue weighted by atomic mass is 9.83. The first-order chi connectivity index (χ1) is 14.0. The molecule has 1 aromatic carbocycles. The molecule has 0 aromatic heterocycles. The van der Waals surface area contributed by atoms with Crippen molar-refractivity contribution in [1.82, 2.24) is 10.6 Å². The number of aliphatic imine (C=N–C) groups is 1. The fraction of sp³-hybridized carbons (Fsp3) is 0.682. The number of hydrogen-bond acceptors (Lipinski definition) is 4. The Kier molecular flexibility index (Phi) is 12.9. The van der Waals surface area contributed by atoms with Crippen molar-refractivity contribution in [2.75, 3.05) is 39.1 Å². The number of ether oxygens (including phenoxy) is 1. The van der Waals surface area contributed by atoms with E-state index in [0.29, 0.717) is 13.0 Å². The van der Waals surface area contributed by atoms with Crippen molar-refractivity contribution in [2.24, 2.45) is 10.4 Å². The lowest BCUT2D eigenvalue weighted by Gasteiger charge is -2.27. The number of sulfone groups is 1. The lowest BCUT2D eigenvalue weighted by Crippen LogP contribution is -2.39. The van der Waals surface area contributed by atoms with Crippen LogP contribution >= 0.6 is 24.0 Å². The van der Waals surface area contributed by atoms with Gasteiger partial charge in [0, 0.05) is 33.4 Å². The Morgan fingerprint density at radius 2 is 1.87 bits per heavy atom. The van der Waals surface area contributed by atoms with Crippen LogP contribution in [-0.4, -0.2) is 53.5 Å². The van der Waals surface area contributed by atoms with Crippen LogP contribution in [0.3, 0.4) is 0 Å². The molecule has 0 unspecified atom stereocenters. The molecular formula is C22H38IN3O3S. The molecule has 2 N–H and O–H groups in total. The van der Waals surface area contributed by atoms with E-state index in [2.05, 4.69) is 10.6 Å². The highest BCUT2D eigenvalue weighted by Crippen LogP contribution is 2.41. The van der Waals surface area contributed by atoms with Crippen molar-refractivity contribution >= 4 is 39.8 Å². The molecule has 0 heterocycles. The van der Waals surface area contributed by atoms with Crippen LogP contribution in [0.25, 0.3) is 0 Å². The van der Waals surface area contributed by atoms with Crippen LogP contribution in [0, 0.1) is 5.41 Å². The van der Waals surface area contributed by atoms with Gasteiger partial charge in [-0.05, 0) is 43.6 Å². The van der Waals surface area contributed by atoms with Crippen LogP contribution in [0.5, 0.6) is 0 Å². The first kappa shape index (κ1) is 27.2. The molecule has 8 heteroatoms. The molecular weight excluding hydrogens is 513 g/mol. The zero-order valence-corrected chi connectivity index (χ0v) is 21.5. The maximum Gasteiger partial charge on any atom is 0.191 e. The van der Waals surface area contributed by atoms with E-state index >= 15 is 0 Å². The number of rotatable bonds is 12. The monoisotopic (exact) mass is 551 g/mol. The number of nitrogens with one attached hydrogen (secondary N) is 2. The van der Waals surface area contributed by atoms with Crippen molar-refractivity contribution < 1.29 is 13.2 Å². The van der Waals surface area contributed by atoms with Gasteiger partial charge in [0.25, 0.3) is 0 Å². The highest BCUT2D eigenvalue weighted by molar-refractivity contribution is 14.0. The summed E-state index contributed by atoms with van der Waals surface area (Å²) >= 11 is 0. The number of halogens is 1. The summed E-state index contributed by atoms with van der Waals surface area (Å²) in [6, 6.07) is 9.35. The predicted octanol–water partition coefficient (Wildman–Crippen LogP) is 3.76. The van der Waals surface area contributed by atoms with E-state index in [1.165, 1.54) is 25.7 Å². The molecule has 6 nitrogen and oxygen atoms in total. The van der Waals surface area contributed by atoms with Gasteiger partial charge in [-0.15, -0.1) is 24.0 Å². The van der Waals surface area contributed by atoms with Gasteiger partial charge in [0.15, 0.2) is 15.8 Å². The van der Waals surface area contributed by atoms with E-state index in [1.54, 1.807) is 7.11 Å². The van der Waals surface area contributed by atoms with Crippen LogP contribution in [0.2, 0.25) is 0 Å². The molecule has 1 fully saturated rings. The molecule has 1 aliphatic carbocycles. The Labute approximate surface area is 199 Å². The zero-order valence-electron chi connectivity index (χ0n) is 18.4. The van der Waals surface area contributed by atoms with Gasteiger partial charge in [-0.3, -0.25) is 4.99 Å². The van der Waals surface area contributed by atoms with E-state index in [1.807, 2.05) is 37.3 Å². The second-order valence-electron chi connectivity index (χ2n) is 8.00. The zero-order chi connectivity index (χ0) is 21.0. The molecule has 0 aliphatic heterocycles. The summed E-state index contributed by atoms with van der Waals surface area (Å²) < 4.78 is 30.0. The molecule has 0 bridgehead atoms. The van der Waals surface area contributed by atoms with Gasteiger partial charge in [-0.2, -0.15) is 0 Å². The number of methoxy groups -OCH3 is 1. The van der Waals surface area contributed by atoms with Gasteiger partial charge >= 0.3 is 0 Å². The Bertz CT molecular complexity index is 720. The molecule has 0 radical (unpaired) electrons. The summed E-state index contributed by atoms with van der Waals surface area (Å²) in [7, 11) is -1.35. The maximum atomic E-state index is 12.3. The normalized spacial score (nSPS) is 16.1. The molecule has 1 aromatic rings. The lowest BCUT2D eigenvalue weighted by molar-refractivity contribution is 0.141. The number of nitrogens with zero attached hydrogens (tertiary/aromatic N) is 1. The van der Waals surface area contributed by atoms with Crippen molar-refractivity contribution in [3.63, 3.8) is 0 Å². The largest absolute Gasteiger partial charge is 0.385 e. The summed E-state index contributed by atoms with van der Waals surface area (Å²) in [6.45, 7) is 4.97. The first-order valence-corrected chi connectivity index (χ1v) is 12.6. The fourth-order valence-corrected chi connectivity index (χ4v) is 5.35. The molecule has 1 aliphatic rings. The van der Waals surface area contributed by atoms with E-state index in [-0.39, 0.29) is 40.9 Å². The number of benzene rings is 1. The predicted molar refractivity (Wildman–Crippen MR) is 135 cm³/mol. The Morgan fingerprint density at radius 1 is 1.17 bits per heavy atom. The van der Waals surface area contributed by atoms with Gasteiger partial charge in [0.1, 0.15) is 0 Å². The van der Waals surface area contributed by atoms with E-state index < -0.39 is 9.84 Å². The topological polar surface area (TPSA) is 79.8 Å². The van der Waals surface area contributed by atoms with Crippen LogP contribution in [0.4, 0.5) is 0 Å². The van der Waals surface area contributed by atoms with Crippen LogP contribution in [0.1, 0.15) is 51.0 Å². The van der Waals surface area contributed by atoms with E-state index in [9.17, 15) is 8.42 Å².